The molecule has 2 heterocycles. The van der Waals surface area contributed by atoms with E-state index in [2.05, 4.69) is 54.3 Å². The average Bonchev–Trinajstić information content (AvgIpc) is 2.82. The molecule has 2 aromatic rings. The SMILES string of the molecule is CCC1CSCC(c2cc3ccccc3s2)N1. The summed E-state index contributed by atoms with van der Waals surface area (Å²) in [6.07, 6.45) is 1.23. The summed E-state index contributed by atoms with van der Waals surface area (Å²) >= 11 is 4.03. The summed E-state index contributed by atoms with van der Waals surface area (Å²) in [4.78, 5) is 1.50. The molecule has 1 nitrogen and oxygen atoms in total. The van der Waals surface area contributed by atoms with Gasteiger partial charge in [-0.25, -0.2) is 0 Å². The maximum absolute atomic E-state index is 3.77. The second kappa shape index (κ2) is 5.01. The van der Waals surface area contributed by atoms with E-state index in [-0.39, 0.29) is 0 Å². The molecule has 3 rings (SSSR count). The van der Waals surface area contributed by atoms with Gasteiger partial charge in [0, 0.05) is 27.1 Å². The first-order valence-corrected chi connectivity index (χ1v) is 8.16. The van der Waals surface area contributed by atoms with Crippen LogP contribution in [0, 0.1) is 0 Å². The number of thioether (sulfide) groups is 1. The highest BCUT2D eigenvalue weighted by Crippen LogP contribution is 2.33. The zero-order chi connectivity index (χ0) is 11.7. The number of fused-ring (bicyclic) bond motifs is 1. The summed E-state index contributed by atoms with van der Waals surface area (Å²) in [5, 5.41) is 5.16. The van der Waals surface area contributed by atoms with Gasteiger partial charge in [0.25, 0.3) is 0 Å². The van der Waals surface area contributed by atoms with Crippen molar-refractivity contribution >= 4 is 33.2 Å². The molecule has 0 amide bonds. The monoisotopic (exact) mass is 263 g/mol. The van der Waals surface area contributed by atoms with Crippen LogP contribution in [0.5, 0.6) is 0 Å². The van der Waals surface area contributed by atoms with Crippen molar-refractivity contribution in [3.05, 3.63) is 35.2 Å². The lowest BCUT2D eigenvalue weighted by molar-refractivity contribution is 0.471. The van der Waals surface area contributed by atoms with Gasteiger partial charge in [0.1, 0.15) is 0 Å². The number of nitrogens with one attached hydrogen (secondary N) is 1. The molecule has 1 aromatic carbocycles. The van der Waals surface area contributed by atoms with E-state index >= 15 is 0 Å². The van der Waals surface area contributed by atoms with Crippen molar-refractivity contribution < 1.29 is 0 Å². The summed E-state index contributed by atoms with van der Waals surface area (Å²) < 4.78 is 1.41. The van der Waals surface area contributed by atoms with Gasteiger partial charge >= 0.3 is 0 Å². The molecular weight excluding hydrogens is 246 g/mol. The first-order chi connectivity index (χ1) is 8.36. The van der Waals surface area contributed by atoms with Crippen LogP contribution < -0.4 is 5.32 Å². The fraction of sp³-hybridized carbons (Fsp3) is 0.429. The zero-order valence-electron chi connectivity index (χ0n) is 9.98. The summed E-state index contributed by atoms with van der Waals surface area (Å²) in [6, 6.07) is 12.3. The molecule has 1 aliphatic rings. The standard InChI is InChI=1S/C14H17NS2/c1-2-11-8-16-9-12(15-11)14-7-10-5-3-4-6-13(10)17-14/h3-7,11-12,15H,2,8-9H2,1H3. The van der Waals surface area contributed by atoms with Gasteiger partial charge in [-0.3, -0.25) is 0 Å². The lowest BCUT2D eigenvalue weighted by Crippen LogP contribution is -2.39. The van der Waals surface area contributed by atoms with Crippen LogP contribution in [0.2, 0.25) is 0 Å². The minimum absolute atomic E-state index is 0.552. The van der Waals surface area contributed by atoms with Crippen LogP contribution in [-0.2, 0) is 0 Å². The maximum atomic E-state index is 3.77. The normalized spacial score (nSPS) is 25.2. The van der Waals surface area contributed by atoms with E-state index < -0.39 is 0 Å². The highest BCUT2D eigenvalue weighted by molar-refractivity contribution is 7.99. The molecule has 90 valence electrons. The van der Waals surface area contributed by atoms with E-state index in [0.717, 1.165) is 0 Å². The van der Waals surface area contributed by atoms with Crippen molar-refractivity contribution in [2.75, 3.05) is 11.5 Å². The lowest BCUT2D eigenvalue weighted by atomic mass is 10.1. The molecule has 3 heteroatoms. The Balaban J connectivity index is 1.87. The Hall–Kier alpha value is -0.510. The van der Waals surface area contributed by atoms with Gasteiger partial charge in [-0.1, -0.05) is 25.1 Å². The zero-order valence-corrected chi connectivity index (χ0v) is 11.6. The van der Waals surface area contributed by atoms with Gasteiger partial charge in [-0.15, -0.1) is 11.3 Å². The van der Waals surface area contributed by atoms with E-state index in [0.29, 0.717) is 12.1 Å². The van der Waals surface area contributed by atoms with Gasteiger partial charge in [0.05, 0.1) is 6.04 Å². The molecule has 0 radical (unpaired) electrons. The van der Waals surface area contributed by atoms with Crippen LogP contribution in [0.15, 0.2) is 30.3 Å². The Morgan fingerprint density at radius 2 is 2.18 bits per heavy atom. The van der Waals surface area contributed by atoms with Crippen LogP contribution in [0.4, 0.5) is 0 Å². The smallest absolute Gasteiger partial charge is 0.0509 e. The fourth-order valence-corrected chi connectivity index (χ4v) is 4.78. The van der Waals surface area contributed by atoms with Crippen LogP contribution in [0.25, 0.3) is 10.1 Å². The molecule has 1 saturated heterocycles. The molecule has 0 spiro atoms. The number of benzene rings is 1. The Morgan fingerprint density at radius 3 is 3.00 bits per heavy atom. The predicted molar refractivity (Wildman–Crippen MR) is 79.1 cm³/mol. The van der Waals surface area contributed by atoms with E-state index in [1.54, 1.807) is 0 Å². The van der Waals surface area contributed by atoms with E-state index in [4.69, 9.17) is 0 Å². The minimum Gasteiger partial charge on any atom is -0.305 e. The average molecular weight is 263 g/mol. The second-order valence-corrected chi connectivity index (χ2v) is 6.74. The van der Waals surface area contributed by atoms with Crippen LogP contribution in [-0.4, -0.2) is 17.5 Å². The van der Waals surface area contributed by atoms with Crippen molar-refractivity contribution in [2.45, 2.75) is 25.4 Å². The Labute approximate surface area is 111 Å². The third kappa shape index (κ3) is 2.37. The minimum atomic E-state index is 0.552. The van der Waals surface area contributed by atoms with E-state index in [1.807, 2.05) is 11.3 Å². The summed E-state index contributed by atoms with van der Waals surface area (Å²) in [5.41, 5.74) is 0. The third-order valence-corrected chi connectivity index (χ3v) is 5.76. The predicted octanol–water partition coefficient (Wildman–Crippen LogP) is 4.06. The fourth-order valence-electron chi connectivity index (χ4n) is 2.28. The number of rotatable bonds is 2. The quantitative estimate of drug-likeness (QED) is 0.877. The second-order valence-electron chi connectivity index (χ2n) is 4.55. The first-order valence-electron chi connectivity index (χ1n) is 6.19. The molecule has 1 fully saturated rings. The lowest BCUT2D eigenvalue weighted by Gasteiger charge is -2.29. The van der Waals surface area contributed by atoms with Crippen molar-refractivity contribution in [1.29, 1.82) is 0 Å². The third-order valence-electron chi connectivity index (χ3n) is 3.32. The van der Waals surface area contributed by atoms with Crippen molar-refractivity contribution in [3.63, 3.8) is 0 Å². The first kappa shape index (κ1) is 11.6. The van der Waals surface area contributed by atoms with Crippen LogP contribution >= 0.6 is 23.1 Å². The van der Waals surface area contributed by atoms with Gasteiger partial charge < -0.3 is 5.32 Å². The van der Waals surface area contributed by atoms with Crippen molar-refractivity contribution in [1.82, 2.24) is 5.32 Å². The molecular formula is C14H17NS2. The molecule has 2 atom stereocenters. The molecule has 0 saturated carbocycles. The number of hydrogen-bond acceptors (Lipinski definition) is 3. The Bertz CT molecular complexity index is 473. The van der Waals surface area contributed by atoms with E-state index in [9.17, 15) is 0 Å². The van der Waals surface area contributed by atoms with Crippen molar-refractivity contribution in [2.24, 2.45) is 0 Å². The molecule has 2 unspecified atom stereocenters. The molecule has 1 aromatic heterocycles. The van der Waals surface area contributed by atoms with Gasteiger partial charge in [0.2, 0.25) is 0 Å². The van der Waals surface area contributed by atoms with Gasteiger partial charge in [-0.2, -0.15) is 11.8 Å². The topological polar surface area (TPSA) is 12.0 Å². The highest BCUT2D eigenvalue weighted by Gasteiger charge is 2.22. The molecule has 1 N–H and O–H groups in total. The Kier molecular flexibility index (Phi) is 3.41. The van der Waals surface area contributed by atoms with E-state index in [1.165, 1.54) is 32.9 Å². The molecule has 0 aliphatic carbocycles. The number of hydrogen-bond donors (Lipinski definition) is 1. The molecule has 17 heavy (non-hydrogen) atoms. The summed E-state index contributed by atoms with van der Waals surface area (Å²) in [5.74, 6) is 2.47. The van der Waals surface area contributed by atoms with Crippen LogP contribution in [0.1, 0.15) is 24.3 Å². The molecule has 1 aliphatic heterocycles. The maximum Gasteiger partial charge on any atom is 0.0509 e. The summed E-state index contributed by atoms with van der Waals surface area (Å²) in [7, 11) is 0. The van der Waals surface area contributed by atoms with Gasteiger partial charge in [-0.05, 0) is 23.9 Å². The van der Waals surface area contributed by atoms with Gasteiger partial charge in [0.15, 0.2) is 0 Å². The number of thiophene rings is 1. The highest BCUT2D eigenvalue weighted by atomic mass is 32.2. The Morgan fingerprint density at radius 1 is 1.29 bits per heavy atom. The van der Waals surface area contributed by atoms with Crippen molar-refractivity contribution in [3.8, 4) is 0 Å². The summed E-state index contributed by atoms with van der Waals surface area (Å²) in [6.45, 7) is 2.27. The van der Waals surface area contributed by atoms with Crippen LogP contribution in [0.3, 0.4) is 0 Å². The molecule has 0 bridgehead atoms. The largest absolute Gasteiger partial charge is 0.305 e.